The standard InChI is InChI=1S/C11H12FNO3/c12-8-5-9(11(14)15)10(13-6-8)16-4-3-7-1-2-7/h5-7H,1-4H2,(H,14,15). The highest BCUT2D eigenvalue weighted by molar-refractivity contribution is 5.90. The number of carbonyl (C=O) groups is 1. The summed E-state index contributed by atoms with van der Waals surface area (Å²) in [5.74, 6) is -1.20. The zero-order chi connectivity index (χ0) is 11.5. The maximum Gasteiger partial charge on any atom is 0.341 e. The Morgan fingerprint density at radius 1 is 1.62 bits per heavy atom. The molecule has 1 N–H and O–H groups in total. The van der Waals surface area contributed by atoms with Crippen LogP contribution in [0.3, 0.4) is 0 Å². The molecule has 5 heteroatoms. The zero-order valence-electron chi connectivity index (χ0n) is 8.65. The Balaban J connectivity index is 2.02. The highest BCUT2D eigenvalue weighted by atomic mass is 19.1. The molecule has 0 unspecified atom stereocenters. The number of hydrogen-bond donors (Lipinski definition) is 1. The molecule has 1 saturated carbocycles. The highest BCUT2D eigenvalue weighted by Gasteiger charge is 2.21. The van der Waals surface area contributed by atoms with Crippen molar-refractivity contribution in [1.82, 2.24) is 4.98 Å². The van der Waals surface area contributed by atoms with Crippen molar-refractivity contribution in [3.05, 3.63) is 23.6 Å². The van der Waals surface area contributed by atoms with E-state index in [-0.39, 0.29) is 11.4 Å². The van der Waals surface area contributed by atoms with Gasteiger partial charge < -0.3 is 9.84 Å². The molecule has 0 aliphatic heterocycles. The molecule has 0 atom stereocenters. The Kier molecular flexibility index (Phi) is 3.03. The van der Waals surface area contributed by atoms with Crippen molar-refractivity contribution in [2.24, 2.45) is 5.92 Å². The average Bonchev–Trinajstić information content (AvgIpc) is 3.04. The molecule has 4 nitrogen and oxygen atoms in total. The van der Waals surface area contributed by atoms with Gasteiger partial charge in [0.15, 0.2) is 0 Å². The van der Waals surface area contributed by atoms with Crippen LogP contribution in [0, 0.1) is 11.7 Å². The molecule has 1 aromatic heterocycles. The number of nitrogens with zero attached hydrogens (tertiary/aromatic N) is 1. The van der Waals surface area contributed by atoms with Crippen LogP contribution in [0.15, 0.2) is 12.3 Å². The van der Waals surface area contributed by atoms with Crippen molar-refractivity contribution in [2.45, 2.75) is 19.3 Å². The fourth-order valence-electron chi connectivity index (χ4n) is 1.42. The molecule has 86 valence electrons. The second kappa shape index (κ2) is 4.47. The molecule has 1 heterocycles. The van der Waals surface area contributed by atoms with Crippen LogP contribution >= 0.6 is 0 Å². The number of pyridine rings is 1. The lowest BCUT2D eigenvalue weighted by atomic mass is 10.2. The molecule has 0 aromatic carbocycles. The van der Waals surface area contributed by atoms with E-state index in [1.807, 2.05) is 0 Å². The number of hydrogen-bond acceptors (Lipinski definition) is 3. The number of aromatic nitrogens is 1. The predicted octanol–water partition coefficient (Wildman–Crippen LogP) is 2.10. The van der Waals surface area contributed by atoms with E-state index in [1.165, 1.54) is 12.8 Å². The first-order valence-corrected chi connectivity index (χ1v) is 5.18. The van der Waals surface area contributed by atoms with Gasteiger partial charge in [-0.15, -0.1) is 0 Å². The van der Waals surface area contributed by atoms with Crippen molar-refractivity contribution >= 4 is 5.97 Å². The summed E-state index contributed by atoms with van der Waals surface area (Å²) in [5.41, 5.74) is -0.226. The second-order valence-corrected chi connectivity index (χ2v) is 3.89. The number of rotatable bonds is 5. The third-order valence-corrected chi connectivity index (χ3v) is 2.51. The summed E-state index contributed by atoms with van der Waals surface area (Å²) in [6.07, 6.45) is 4.29. The lowest BCUT2D eigenvalue weighted by molar-refractivity contribution is 0.0690. The van der Waals surface area contributed by atoms with Crippen molar-refractivity contribution in [2.75, 3.05) is 6.61 Å². The highest BCUT2D eigenvalue weighted by Crippen LogP contribution is 2.32. The summed E-state index contributed by atoms with van der Waals surface area (Å²) in [5, 5.41) is 8.82. The van der Waals surface area contributed by atoms with Gasteiger partial charge in [-0.3, -0.25) is 0 Å². The first kappa shape index (κ1) is 10.9. The fourth-order valence-corrected chi connectivity index (χ4v) is 1.42. The molecular weight excluding hydrogens is 213 g/mol. The van der Waals surface area contributed by atoms with Gasteiger partial charge in [0.25, 0.3) is 0 Å². The molecule has 1 aromatic rings. The van der Waals surface area contributed by atoms with Crippen LogP contribution in [-0.4, -0.2) is 22.7 Å². The first-order chi connectivity index (χ1) is 7.66. The largest absolute Gasteiger partial charge is 0.477 e. The Morgan fingerprint density at radius 2 is 2.38 bits per heavy atom. The number of ether oxygens (including phenoxy) is 1. The molecule has 0 radical (unpaired) electrons. The SMILES string of the molecule is O=C(O)c1cc(F)cnc1OCCC1CC1. The molecular formula is C11H12FNO3. The quantitative estimate of drug-likeness (QED) is 0.833. The molecule has 1 aliphatic rings. The second-order valence-electron chi connectivity index (χ2n) is 3.89. The summed E-state index contributed by atoms with van der Waals surface area (Å²) in [6, 6.07) is 0.918. The fraction of sp³-hybridized carbons (Fsp3) is 0.455. The third kappa shape index (κ3) is 2.68. The lowest BCUT2D eigenvalue weighted by Crippen LogP contribution is -2.07. The van der Waals surface area contributed by atoms with E-state index in [4.69, 9.17) is 9.84 Å². The molecule has 0 amide bonds. The number of halogens is 1. The van der Waals surface area contributed by atoms with Crippen molar-refractivity contribution in [1.29, 1.82) is 0 Å². The monoisotopic (exact) mass is 225 g/mol. The Morgan fingerprint density at radius 3 is 3.00 bits per heavy atom. The van der Waals surface area contributed by atoms with E-state index >= 15 is 0 Å². The molecule has 0 bridgehead atoms. The normalized spacial score (nSPS) is 14.8. The summed E-state index contributed by atoms with van der Waals surface area (Å²) in [4.78, 5) is 14.4. The minimum Gasteiger partial charge on any atom is -0.477 e. The van der Waals surface area contributed by atoms with Crippen LogP contribution in [0.5, 0.6) is 5.88 Å². The van der Waals surface area contributed by atoms with Gasteiger partial charge in [0.2, 0.25) is 5.88 Å². The summed E-state index contributed by atoms with van der Waals surface area (Å²) in [6.45, 7) is 0.434. The van der Waals surface area contributed by atoms with Gasteiger partial charge in [0.1, 0.15) is 11.4 Å². The first-order valence-electron chi connectivity index (χ1n) is 5.18. The lowest BCUT2D eigenvalue weighted by Gasteiger charge is -2.07. The van der Waals surface area contributed by atoms with E-state index in [0.717, 1.165) is 18.7 Å². The topological polar surface area (TPSA) is 59.4 Å². The molecule has 0 spiro atoms. The molecule has 1 fully saturated rings. The van der Waals surface area contributed by atoms with Gasteiger partial charge in [-0.1, -0.05) is 12.8 Å². The average molecular weight is 225 g/mol. The zero-order valence-corrected chi connectivity index (χ0v) is 8.65. The van der Waals surface area contributed by atoms with Crippen molar-refractivity contribution in [3.8, 4) is 5.88 Å². The van der Waals surface area contributed by atoms with Gasteiger partial charge in [0.05, 0.1) is 12.8 Å². The minimum absolute atomic E-state index is 0.00505. The summed E-state index contributed by atoms with van der Waals surface area (Å²) >= 11 is 0. The number of carboxylic acid groups (broad SMARTS) is 1. The van der Waals surface area contributed by atoms with Crippen LogP contribution < -0.4 is 4.74 Å². The molecule has 1 aliphatic carbocycles. The van der Waals surface area contributed by atoms with E-state index in [0.29, 0.717) is 12.5 Å². The van der Waals surface area contributed by atoms with Crippen molar-refractivity contribution in [3.63, 3.8) is 0 Å². The van der Waals surface area contributed by atoms with Crippen LogP contribution in [-0.2, 0) is 0 Å². The summed E-state index contributed by atoms with van der Waals surface area (Å²) < 4.78 is 18.0. The van der Waals surface area contributed by atoms with Gasteiger partial charge in [-0.2, -0.15) is 0 Å². The van der Waals surface area contributed by atoms with Crippen LogP contribution in [0.4, 0.5) is 4.39 Å². The number of aromatic carboxylic acids is 1. The minimum atomic E-state index is -1.23. The smallest absolute Gasteiger partial charge is 0.341 e. The Labute approximate surface area is 92.1 Å². The van der Waals surface area contributed by atoms with E-state index < -0.39 is 11.8 Å². The maximum absolute atomic E-state index is 12.8. The third-order valence-electron chi connectivity index (χ3n) is 2.51. The molecule has 2 rings (SSSR count). The van der Waals surface area contributed by atoms with Crippen LogP contribution in [0.1, 0.15) is 29.6 Å². The molecule has 0 saturated heterocycles. The Hall–Kier alpha value is -1.65. The number of carboxylic acids is 1. The van der Waals surface area contributed by atoms with Crippen LogP contribution in [0.2, 0.25) is 0 Å². The summed E-state index contributed by atoms with van der Waals surface area (Å²) in [7, 11) is 0. The predicted molar refractivity (Wildman–Crippen MR) is 54.0 cm³/mol. The van der Waals surface area contributed by atoms with E-state index in [2.05, 4.69) is 4.98 Å². The molecule has 16 heavy (non-hydrogen) atoms. The van der Waals surface area contributed by atoms with Crippen molar-refractivity contribution < 1.29 is 19.0 Å². The van der Waals surface area contributed by atoms with E-state index in [9.17, 15) is 9.18 Å². The van der Waals surface area contributed by atoms with Gasteiger partial charge >= 0.3 is 5.97 Å². The van der Waals surface area contributed by atoms with E-state index in [1.54, 1.807) is 0 Å². The maximum atomic E-state index is 12.8. The van der Waals surface area contributed by atoms with Gasteiger partial charge in [-0.05, 0) is 18.4 Å². The van der Waals surface area contributed by atoms with Crippen LogP contribution in [0.25, 0.3) is 0 Å². The van der Waals surface area contributed by atoms with Gasteiger partial charge in [-0.25, -0.2) is 14.2 Å². The Bertz CT molecular complexity index is 404. The van der Waals surface area contributed by atoms with Gasteiger partial charge in [0, 0.05) is 0 Å².